The van der Waals surface area contributed by atoms with Gasteiger partial charge in [0.2, 0.25) is 20.0 Å². The van der Waals surface area contributed by atoms with Crippen molar-refractivity contribution in [1.82, 2.24) is 13.9 Å². The van der Waals surface area contributed by atoms with Crippen LogP contribution in [0.3, 0.4) is 0 Å². The van der Waals surface area contributed by atoms with E-state index in [0.29, 0.717) is 18.7 Å². The number of hydrogen-bond donors (Lipinski definition) is 1. The number of nitrogens with zero attached hydrogens (tertiary/aromatic N) is 2. The molecule has 174 valence electrons. The van der Waals surface area contributed by atoms with Gasteiger partial charge in [0.1, 0.15) is 10.6 Å². The Labute approximate surface area is 189 Å². The molecule has 1 heterocycles. The third-order valence-corrected chi connectivity index (χ3v) is 9.01. The molecule has 0 atom stereocenters. The Morgan fingerprint density at radius 3 is 2.22 bits per heavy atom. The lowest BCUT2D eigenvalue weighted by Gasteiger charge is -2.16. The largest absolute Gasteiger partial charge is 0.495 e. The van der Waals surface area contributed by atoms with Crippen LogP contribution in [0.15, 0.2) is 52.3 Å². The Balaban J connectivity index is 1.72. The molecule has 1 fully saturated rings. The van der Waals surface area contributed by atoms with Crippen molar-refractivity contribution in [2.75, 3.05) is 34.3 Å². The standard InChI is InChI=1S/C21H27N3O6S2/c1-23(2)32(28,29)20-14-17(8-11-19(20)30-3)21(25)22-15-16-6-9-18(10-7-16)31(26,27)24-12-4-5-13-24/h6-11,14H,4-5,12-13,15H2,1-3H3,(H,22,25). The fourth-order valence-corrected chi connectivity index (χ4v) is 5.95. The minimum absolute atomic E-state index is 0.103. The van der Waals surface area contributed by atoms with Crippen LogP contribution in [-0.4, -0.2) is 65.6 Å². The van der Waals surface area contributed by atoms with E-state index in [1.807, 2.05) is 0 Å². The summed E-state index contributed by atoms with van der Waals surface area (Å²) in [5.74, 6) is -0.318. The van der Waals surface area contributed by atoms with Gasteiger partial charge in [-0.25, -0.2) is 21.1 Å². The van der Waals surface area contributed by atoms with Gasteiger partial charge >= 0.3 is 0 Å². The molecule has 0 saturated carbocycles. The Hall–Kier alpha value is -2.47. The molecular weight excluding hydrogens is 454 g/mol. The molecule has 3 rings (SSSR count). The number of amides is 1. The normalized spacial score (nSPS) is 15.1. The number of carbonyl (C=O) groups is 1. The van der Waals surface area contributed by atoms with Crippen LogP contribution >= 0.6 is 0 Å². The van der Waals surface area contributed by atoms with Gasteiger partial charge in [0, 0.05) is 39.3 Å². The third kappa shape index (κ3) is 4.96. The second kappa shape index (κ2) is 9.57. The molecule has 0 aliphatic carbocycles. The lowest BCUT2D eigenvalue weighted by Crippen LogP contribution is -2.28. The van der Waals surface area contributed by atoms with Gasteiger partial charge in [-0.15, -0.1) is 0 Å². The van der Waals surface area contributed by atoms with E-state index in [-0.39, 0.29) is 27.6 Å². The predicted molar refractivity (Wildman–Crippen MR) is 119 cm³/mol. The van der Waals surface area contributed by atoms with Crippen LogP contribution in [0.4, 0.5) is 0 Å². The topological polar surface area (TPSA) is 113 Å². The van der Waals surface area contributed by atoms with E-state index in [1.54, 1.807) is 12.1 Å². The van der Waals surface area contributed by atoms with E-state index >= 15 is 0 Å². The first-order chi connectivity index (χ1) is 15.1. The average molecular weight is 482 g/mol. The maximum absolute atomic E-state index is 12.6. The first-order valence-electron chi connectivity index (χ1n) is 10.0. The number of sulfonamides is 2. The van der Waals surface area contributed by atoms with Crippen LogP contribution in [0, 0.1) is 0 Å². The zero-order valence-corrected chi connectivity index (χ0v) is 19.9. The molecule has 9 nitrogen and oxygen atoms in total. The summed E-state index contributed by atoms with van der Waals surface area (Å²) in [5, 5.41) is 2.73. The van der Waals surface area contributed by atoms with Gasteiger partial charge in [0.05, 0.1) is 12.0 Å². The molecule has 0 spiro atoms. The molecule has 32 heavy (non-hydrogen) atoms. The summed E-state index contributed by atoms with van der Waals surface area (Å²) in [7, 11) is -3.14. The van der Waals surface area contributed by atoms with E-state index in [1.165, 1.54) is 55.8 Å². The maximum atomic E-state index is 12.6. The molecule has 2 aromatic rings. The molecule has 1 N–H and O–H groups in total. The summed E-state index contributed by atoms with van der Waals surface area (Å²) in [5.41, 5.74) is 0.882. The smallest absolute Gasteiger partial charge is 0.251 e. The highest BCUT2D eigenvalue weighted by molar-refractivity contribution is 7.89. The molecule has 1 aliphatic rings. The monoisotopic (exact) mass is 481 g/mol. The van der Waals surface area contributed by atoms with Gasteiger partial charge in [-0.2, -0.15) is 4.31 Å². The molecule has 2 aromatic carbocycles. The van der Waals surface area contributed by atoms with E-state index in [9.17, 15) is 21.6 Å². The summed E-state index contributed by atoms with van der Waals surface area (Å²) in [6, 6.07) is 10.6. The lowest BCUT2D eigenvalue weighted by atomic mass is 10.2. The number of ether oxygens (including phenoxy) is 1. The quantitative estimate of drug-likeness (QED) is 0.614. The number of benzene rings is 2. The summed E-state index contributed by atoms with van der Waals surface area (Å²) in [4.78, 5) is 12.7. The number of rotatable bonds is 8. The van der Waals surface area contributed by atoms with Crippen molar-refractivity contribution in [1.29, 1.82) is 0 Å². The zero-order chi connectivity index (χ0) is 23.5. The number of hydrogen-bond acceptors (Lipinski definition) is 6. The van der Waals surface area contributed by atoms with Crippen molar-refractivity contribution in [3.63, 3.8) is 0 Å². The van der Waals surface area contributed by atoms with Gasteiger partial charge < -0.3 is 10.1 Å². The average Bonchev–Trinajstić information content (AvgIpc) is 3.33. The zero-order valence-electron chi connectivity index (χ0n) is 18.2. The molecule has 11 heteroatoms. The van der Waals surface area contributed by atoms with Crippen molar-refractivity contribution >= 4 is 26.0 Å². The van der Waals surface area contributed by atoms with Crippen molar-refractivity contribution in [2.24, 2.45) is 0 Å². The highest BCUT2D eigenvalue weighted by Crippen LogP contribution is 2.27. The highest BCUT2D eigenvalue weighted by atomic mass is 32.2. The molecule has 0 radical (unpaired) electrons. The van der Waals surface area contributed by atoms with Crippen LogP contribution in [0.1, 0.15) is 28.8 Å². The number of carbonyl (C=O) groups excluding carboxylic acids is 1. The van der Waals surface area contributed by atoms with Crippen LogP contribution in [0.25, 0.3) is 0 Å². The first-order valence-corrected chi connectivity index (χ1v) is 12.9. The summed E-state index contributed by atoms with van der Waals surface area (Å²) in [6.07, 6.45) is 1.73. The van der Waals surface area contributed by atoms with Crippen LogP contribution < -0.4 is 10.1 Å². The molecule has 0 unspecified atom stereocenters. The van der Waals surface area contributed by atoms with Gasteiger partial charge in [0.15, 0.2) is 0 Å². The summed E-state index contributed by atoms with van der Waals surface area (Å²) in [6.45, 7) is 1.23. The molecular formula is C21H27N3O6S2. The van der Waals surface area contributed by atoms with Crippen molar-refractivity contribution in [3.05, 3.63) is 53.6 Å². The van der Waals surface area contributed by atoms with Gasteiger partial charge in [-0.1, -0.05) is 12.1 Å². The van der Waals surface area contributed by atoms with E-state index in [2.05, 4.69) is 5.32 Å². The second-order valence-corrected chi connectivity index (χ2v) is 11.6. The van der Waals surface area contributed by atoms with E-state index < -0.39 is 26.0 Å². The SMILES string of the molecule is COc1ccc(C(=O)NCc2ccc(S(=O)(=O)N3CCCC3)cc2)cc1S(=O)(=O)N(C)C. The number of nitrogens with one attached hydrogen (secondary N) is 1. The summed E-state index contributed by atoms with van der Waals surface area (Å²) < 4.78 is 57.9. The molecule has 1 saturated heterocycles. The maximum Gasteiger partial charge on any atom is 0.251 e. The first kappa shape index (κ1) is 24.2. The van der Waals surface area contributed by atoms with Crippen LogP contribution in [0.2, 0.25) is 0 Å². The van der Waals surface area contributed by atoms with Crippen LogP contribution in [-0.2, 0) is 26.6 Å². The van der Waals surface area contributed by atoms with Crippen molar-refractivity contribution < 1.29 is 26.4 Å². The molecule has 0 aromatic heterocycles. The van der Waals surface area contributed by atoms with E-state index in [4.69, 9.17) is 4.74 Å². The lowest BCUT2D eigenvalue weighted by molar-refractivity contribution is 0.0950. The third-order valence-electron chi connectivity index (χ3n) is 5.26. The Bertz CT molecular complexity index is 1190. The van der Waals surface area contributed by atoms with Crippen molar-refractivity contribution in [2.45, 2.75) is 29.2 Å². The van der Waals surface area contributed by atoms with Gasteiger partial charge in [-0.3, -0.25) is 4.79 Å². The van der Waals surface area contributed by atoms with Crippen molar-refractivity contribution in [3.8, 4) is 5.75 Å². The highest BCUT2D eigenvalue weighted by Gasteiger charge is 2.27. The predicted octanol–water partition coefficient (Wildman–Crippen LogP) is 1.66. The van der Waals surface area contributed by atoms with E-state index in [0.717, 1.165) is 17.1 Å². The minimum atomic E-state index is -3.80. The van der Waals surface area contributed by atoms with Gasteiger partial charge in [-0.05, 0) is 48.7 Å². The second-order valence-electron chi connectivity index (χ2n) is 7.59. The fraction of sp³-hybridized carbons (Fsp3) is 0.381. The Morgan fingerprint density at radius 1 is 1.03 bits per heavy atom. The molecule has 0 bridgehead atoms. The fourth-order valence-electron chi connectivity index (χ4n) is 3.36. The minimum Gasteiger partial charge on any atom is -0.495 e. The molecule has 1 aliphatic heterocycles. The molecule has 1 amide bonds. The Morgan fingerprint density at radius 2 is 1.66 bits per heavy atom. The summed E-state index contributed by atoms with van der Waals surface area (Å²) >= 11 is 0. The Kier molecular flexibility index (Phi) is 7.23. The van der Waals surface area contributed by atoms with Gasteiger partial charge in [0.25, 0.3) is 5.91 Å². The number of methoxy groups -OCH3 is 1. The van der Waals surface area contributed by atoms with Crippen LogP contribution in [0.5, 0.6) is 5.75 Å².